The van der Waals surface area contributed by atoms with Crippen LogP contribution in [0.25, 0.3) is 0 Å². The fraction of sp³-hybridized carbons (Fsp3) is 0.316. The van der Waals surface area contributed by atoms with Gasteiger partial charge in [-0.1, -0.05) is 0 Å². The van der Waals surface area contributed by atoms with Gasteiger partial charge >= 0.3 is 11.9 Å². The Balaban J connectivity index is 1.75. The molecular weight excluding hydrogens is 380 g/mol. The van der Waals surface area contributed by atoms with Crippen molar-refractivity contribution < 1.29 is 29.3 Å². The number of rotatable bonds is 6. The van der Waals surface area contributed by atoms with Crippen molar-refractivity contribution in [2.45, 2.75) is 18.9 Å². The first kappa shape index (κ1) is 19.9. The van der Waals surface area contributed by atoms with Gasteiger partial charge in [0.15, 0.2) is 5.69 Å². The van der Waals surface area contributed by atoms with Crippen LogP contribution in [-0.4, -0.2) is 58.4 Å². The predicted molar refractivity (Wildman–Crippen MR) is 99.5 cm³/mol. The van der Waals surface area contributed by atoms with Gasteiger partial charge in [0.25, 0.3) is 0 Å². The zero-order valence-electron chi connectivity index (χ0n) is 15.5. The maximum Gasteiger partial charge on any atom is 0.339 e. The van der Waals surface area contributed by atoms with Crippen molar-refractivity contribution >= 4 is 17.8 Å². The number of carboxylic acids is 2. The van der Waals surface area contributed by atoms with Crippen LogP contribution in [0.5, 0.6) is 11.6 Å². The van der Waals surface area contributed by atoms with Gasteiger partial charge in [0, 0.05) is 32.0 Å². The van der Waals surface area contributed by atoms with E-state index in [1.807, 2.05) is 0 Å². The lowest BCUT2D eigenvalue weighted by atomic mass is 10.1. The second-order valence-electron chi connectivity index (χ2n) is 6.32. The van der Waals surface area contributed by atoms with Crippen molar-refractivity contribution in [2.24, 2.45) is 0 Å². The molecule has 10 nitrogen and oxygen atoms in total. The summed E-state index contributed by atoms with van der Waals surface area (Å²) in [6.45, 7) is 0.887. The topological polar surface area (TPSA) is 146 Å². The first-order valence-corrected chi connectivity index (χ1v) is 8.76. The number of nitriles is 1. The average molecular weight is 398 g/mol. The number of anilines is 1. The molecule has 0 aromatic carbocycles. The zero-order valence-corrected chi connectivity index (χ0v) is 15.5. The Bertz CT molecular complexity index is 962. The maximum absolute atomic E-state index is 11.6. The second-order valence-corrected chi connectivity index (χ2v) is 6.32. The van der Waals surface area contributed by atoms with Gasteiger partial charge in [-0.2, -0.15) is 5.26 Å². The number of piperidine rings is 1. The number of ether oxygens (including phenoxy) is 2. The molecule has 2 aromatic rings. The Morgan fingerprint density at radius 1 is 1.21 bits per heavy atom. The fourth-order valence-corrected chi connectivity index (χ4v) is 3.09. The largest absolute Gasteiger partial charge is 0.489 e. The SMILES string of the molecule is COc1ccc(OC2CCN(c3nc(C#N)c(C(=O)O)cc3C(=O)O)CC2)cn1. The van der Waals surface area contributed by atoms with Crippen LogP contribution in [0.4, 0.5) is 5.82 Å². The number of nitrogens with zero attached hydrogens (tertiary/aromatic N) is 4. The molecule has 0 amide bonds. The number of carbonyl (C=O) groups is 2. The Morgan fingerprint density at radius 2 is 1.90 bits per heavy atom. The molecule has 2 aromatic heterocycles. The van der Waals surface area contributed by atoms with Crippen molar-refractivity contribution in [3.05, 3.63) is 41.2 Å². The zero-order chi connectivity index (χ0) is 21.0. The summed E-state index contributed by atoms with van der Waals surface area (Å²) in [5, 5.41) is 27.8. The van der Waals surface area contributed by atoms with E-state index in [-0.39, 0.29) is 23.2 Å². The number of hydrogen-bond donors (Lipinski definition) is 2. The molecule has 1 saturated heterocycles. The Labute approximate surface area is 165 Å². The van der Waals surface area contributed by atoms with Gasteiger partial charge in [-0.15, -0.1) is 0 Å². The van der Waals surface area contributed by atoms with E-state index in [1.54, 1.807) is 29.3 Å². The lowest BCUT2D eigenvalue weighted by Gasteiger charge is -2.33. The summed E-state index contributed by atoms with van der Waals surface area (Å²) < 4.78 is 10.9. The molecule has 0 unspecified atom stereocenters. The molecular formula is C19H18N4O6. The summed E-state index contributed by atoms with van der Waals surface area (Å²) in [5.41, 5.74) is -1.00. The summed E-state index contributed by atoms with van der Waals surface area (Å²) >= 11 is 0. The number of aromatic nitrogens is 2. The lowest BCUT2D eigenvalue weighted by molar-refractivity contribution is 0.0695. The third kappa shape index (κ3) is 4.35. The molecule has 0 atom stereocenters. The van der Waals surface area contributed by atoms with Crippen LogP contribution in [-0.2, 0) is 0 Å². The molecule has 150 valence electrons. The molecule has 0 radical (unpaired) electrons. The number of hydrogen-bond acceptors (Lipinski definition) is 8. The van der Waals surface area contributed by atoms with E-state index in [9.17, 15) is 25.1 Å². The summed E-state index contributed by atoms with van der Waals surface area (Å²) in [7, 11) is 1.53. The quantitative estimate of drug-likeness (QED) is 0.738. The molecule has 0 spiro atoms. The average Bonchev–Trinajstić information content (AvgIpc) is 2.73. The third-order valence-corrected chi connectivity index (χ3v) is 4.53. The van der Waals surface area contributed by atoms with Crippen LogP contribution >= 0.6 is 0 Å². The highest BCUT2D eigenvalue weighted by atomic mass is 16.5. The highest BCUT2D eigenvalue weighted by molar-refractivity contribution is 5.98. The van der Waals surface area contributed by atoms with Crippen LogP contribution in [0.15, 0.2) is 24.4 Å². The maximum atomic E-state index is 11.6. The van der Waals surface area contributed by atoms with Gasteiger partial charge in [-0.25, -0.2) is 19.6 Å². The smallest absolute Gasteiger partial charge is 0.339 e. The molecule has 0 aliphatic carbocycles. The van der Waals surface area contributed by atoms with Crippen molar-refractivity contribution in [3.8, 4) is 17.7 Å². The molecule has 3 rings (SSSR count). The number of aromatic carboxylic acids is 2. The summed E-state index contributed by atoms with van der Waals surface area (Å²) in [6, 6.07) is 6.15. The van der Waals surface area contributed by atoms with E-state index in [0.717, 1.165) is 6.07 Å². The minimum atomic E-state index is -1.40. The summed E-state index contributed by atoms with van der Waals surface area (Å²) in [5.74, 6) is -1.53. The van der Waals surface area contributed by atoms with Gasteiger partial charge in [0.1, 0.15) is 29.3 Å². The van der Waals surface area contributed by atoms with Crippen LogP contribution in [0.1, 0.15) is 39.3 Å². The number of methoxy groups -OCH3 is 1. The molecule has 0 bridgehead atoms. The van der Waals surface area contributed by atoms with Crippen molar-refractivity contribution in [1.82, 2.24) is 9.97 Å². The standard InChI is InChI=1S/C19H18N4O6/c1-28-16-3-2-12(10-21-16)29-11-4-6-23(7-5-11)17-14(19(26)27)8-13(18(24)25)15(9-20)22-17/h2-3,8,10-11H,4-7H2,1H3,(H,24,25)(H,26,27). The molecule has 1 aliphatic heterocycles. The van der Waals surface area contributed by atoms with E-state index in [4.69, 9.17) is 9.47 Å². The number of pyridine rings is 2. The van der Waals surface area contributed by atoms with Crippen LogP contribution in [0.2, 0.25) is 0 Å². The first-order valence-electron chi connectivity index (χ1n) is 8.76. The van der Waals surface area contributed by atoms with Crippen LogP contribution in [0, 0.1) is 11.3 Å². The first-order chi connectivity index (χ1) is 13.9. The molecule has 3 heterocycles. The van der Waals surface area contributed by atoms with Crippen molar-refractivity contribution in [3.63, 3.8) is 0 Å². The third-order valence-electron chi connectivity index (χ3n) is 4.53. The lowest BCUT2D eigenvalue weighted by Crippen LogP contribution is -2.39. The molecule has 10 heteroatoms. The summed E-state index contributed by atoms with van der Waals surface area (Å²) in [4.78, 5) is 32.7. The molecule has 1 fully saturated rings. The highest BCUT2D eigenvalue weighted by Gasteiger charge is 2.27. The monoisotopic (exact) mass is 398 g/mol. The Hall–Kier alpha value is -3.87. The van der Waals surface area contributed by atoms with E-state index in [2.05, 4.69) is 9.97 Å². The minimum Gasteiger partial charge on any atom is -0.489 e. The van der Waals surface area contributed by atoms with Gasteiger partial charge in [-0.3, -0.25) is 0 Å². The normalized spacial score (nSPS) is 14.1. The molecule has 1 aliphatic rings. The van der Waals surface area contributed by atoms with Crippen molar-refractivity contribution in [1.29, 1.82) is 5.26 Å². The Morgan fingerprint density at radius 3 is 2.41 bits per heavy atom. The fourth-order valence-electron chi connectivity index (χ4n) is 3.09. The Kier molecular flexibility index (Phi) is 5.78. The second kappa shape index (κ2) is 8.43. The van der Waals surface area contributed by atoms with Gasteiger partial charge in [0.05, 0.1) is 18.9 Å². The molecule has 0 saturated carbocycles. The van der Waals surface area contributed by atoms with Gasteiger partial charge < -0.3 is 24.6 Å². The predicted octanol–water partition coefficient (Wildman–Crippen LogP) is 1.80. The van der Waals surface area contributed by atoms with Crippen LogP contribution < -0.4 is 14.4 Å². The van der Waals surface area contributed by atoms with E-state index >= 15 is 0 Å². The van der Waals surface area contributed by atoms with E-state index in [0.29, 0.717) is 37.6 Å². The summed E-state index contributed by atoms with van der Waals surface area (Å²) in [6.07, 6.45) is 2.66. The minimum absolute atomic E-state index is 0.0867. The van der Waals surface area contributed by atoms with Crippen LogP contribution in [0.3, 0.4) is 0 Å². The molecule has 2 N–H and O–H groups in total. The van der Waals surface area contributed by atoms with Crippen molar-refractivity contribution in [2.75, 3.05) is 25.1 Å². The van der Waals surface area contributed by atoms with Gasteiger partial charge in [0.2, 0.25) is 5.88 Å². The molecule has 29 heavy (non-hydrogen) atoms. The van der Waals surface area contributed by atoms with E-state index < -0.39 is 17.5 Å². The van der Waals surface area contributed by atoms with E-state index in [1.165, 1.54) is 7.11 Å². The number of carboxylic acid groups (broad SMARTS) is 2. The van der Waals surface area contributed by atoms with Gasteiger partial charge in [-0.05, 0) is 12.1 Å². The highest BCUT2D eigenvalue weighted by Crippen LogP contribution is 2.27.